The monoisotopic (exact) mass is 615 g/mol. The van der Waals surface area contributed by atoms with E-state index in [1.54, 1.807) is 40.2 Å². The van der Waals surface area contributed by atoms with Crippen LogP contribution in [-0.2, 0) is 9.47 Å². The molecule has 0 bridgehead atoms. The summed E-state index contributed by atoms with van der Waals surface area (Å²) in [6.07, 6.45) is 1.52. The Hall–Kier alpha value is -2.98. The predicted octanol–water partition coefficient (Wildman–Crippen LogP) is 6.97. The van der Waals surface area contributed by atoms with Crippen LogP contribution in [0, 0.1) is 0 Å². The summed E-state index contributed by atoms with van der Waals surface area (Å²) in [6, 6.07) is 16.0. The van der Waals surface area contributed by atoms with Crippen LogP contribution in [0.1, 0.15) is 36.2 Å². The highest BCUT2D eigenvalue weighted by Gasteiger charge is 2.32. The Morgan fingerprint density at radius 3 is 1.93 bits per heavy atom. The van der Waals surface area contributed by atoms with Crippen molar-refractivity contribution in [2.45, 2.75) is 29.9 Å². The molecule has 0 N–H and O–H groups in total. The van der Waals surface area contributed by atoms with E-state index in [-0.39, 0.29) is 12.2 Å². The Kier molecular flexibility index (Phi) is 10.5. The lowest BCUT2D eigenvalue weighted by Crippen LogP contribution is -2.36. The van der Waals surface area contributed by atoms with E-state index in [4.69, 9.17) is 44.8 Å². The molecule has 3 aromatic carbocycles. The molecule has 226 valence electrons. The maximum atomic E-state index is 6.64. The molecule has 2 atom stereocenters. The number of ether oxygens (including phenoxy) is 7. The second kappa shape index (κ2) is 14.5. The van der Waals surface area contributed by atoms with Crippen LogP contribution in [0.5, 0.6) is 28.7 Å². The summed E-state index contributed by atoms with van der Waals surface area (Å²) >= 11 is 7.76. The first-order chi connectivity index (χ1) is 20.5. The molecule has 2 fully saturated rings. The molecule has 2 saturated heterocycles. The number of methoxy groups -OCH3 is 4. The van der Waals surface area contributed by atoms with Crippen LogP contribution in [0.3, 0.4) is 0 Å². The number of rotatable bonds is 12. The van der Waals surface area contributed by atoms with Gasteiger partial charge in [0.05, 0.1) is 66.2 Å². The van der Waals surface area contributed by atoms with Gasteiger partial charge in [-0.2, -0.15) is 0 Å². The molecule has 0 aliphatic carbocycles. The van der Waals surface area contributed by atoms with Crippen LogP contribution in [0.25, 0.3) is 0 Å². The highest BCUT2D eigenvalue weighted by molar-refractivity contribution is 7.99. The van der Waals surface area contributed by atoms with Gasteiger partial charge in [0.25, 0.3) is 0 Å². The number of thioether (sulfide) groups is 1. The number of benzene rings is 3. The third-order valence-corrected chi connectivity index (χ3v) is 8.72. The molecule has 8 nitrogen and oxygen atoms in total. The minimum Gasteiger partial charge on any atom is -0.493 e. The lowest BCUT2D eigenvalue weighted by Gasteiger charge is -2.31. The van der Waals surface area contributed by atoms with Crippen LogP contribution in [0.4, 0.5) is 5.69 Å². The van der Waals surface area contributed by atoms with Crippen molar-refractivity contribution >= 4 is 29.1 Å². The summed E-state index contributed by atoms with van der Waals surface area (Å²) in [5.74, 6) is 4.04. The number of anilines is 1. The molecule has 2 heterocycles. The predicted molar refractivity (Wildman–Crippen MR) is 166 cm³/mol. The zero-order valence-corrected chi connectivity index (χ0v) is 26.1. The van der Waals surface area contributed by atoms with Gasteiger partial charge in [-0.3, -0.25) is 0 Å². The summed E-state index contributed by atoms with van der Waals surface area (Å²) < 4.78 is 41.2. The molecular weight excluding hydrogens is 578 g/mol. The van der Waals surface area contributed by atoms with Crippen LogP contribution in [0.2, 0.25) is 5.02 Å². The Balaban J connectivity index is 1.36. The second-order valence-corrected chi connectivity index (χ2v) is 11.6. The van der Waals surface area contributed by atoms with Gasteiger partial charge in [-0.1, -0.05) is 11.6 Å². The van der Waals surface area contributed by atoms with E-state index in [1.165, 1.54) is 0 Å². The number of nitrogens with zero attached hydrogens (tertiary/aromatic N) is 1. The van der Waals surface area contributed by atoms with Gasteiger partial charge in [0.2, 0.25) is 5.75 Å². The van der Waals surface area contributed by atoms with Gasteiger partial charge in [-0.05, 0) is 72.5 Å². The first-order valence-corrected chi connectivity index (χ1v) is 15.4. The third kappa shape index (κ3) is 6.97. The van der Waals surface area contributed by atoms with Crippen molar-refractivity contribution in [2.75, 3.05) is 72.0 Å². The summed E-state index contributed by atoms with van der Waals surface area (Å²) in [4.78, 5) is 3.46. The molecule has 5 rings (SSSR count). The van der Waals surface area contributed by atoms with Gasteiger partial charge < -0.3 is 38.1 Å². The van der Waals surface area contributed by atoms with Crippen LogP contribution < -0.4 is 28.6 Å². The lowest BCUT2D eigenvalue weighted by atomic mass is 10.0. The summed E-state index contributed by atoms with van der Waals surface area (Å²) in [5.41, 5.74) is 3.06. The number of hydrogen-bond donors (Lipinski definition) is 0. The fourth-order valence-electron chi connectivity index (χ4n) is 5.38. The van der Waals surface area contributed by atoms with E-state index in [0.717, 1.165) is 64.2 Å². The first kappa shape index (κ1) is 30.5. The smallest absolute Gasteiger partial charge is 0.203 e. The van der Waals surface area contributed by atoms with Crippen molar-refractivity contribution in [3.05, 3.63) is 64.7 Å². The molecule has 0 saturated carbocycles. The largest absolute Gasteiger partial charge is 0.493 e. The van der Waals surface area contributed by atoms with Crippen molar-refractivity contribution in [1.82, 2.24) is 0 Å². The van der Waals surface area contributed by atoms with Crippen molar-refractivity contribution < 1.29 is 33.2 Å². The standard InChI is InChI=1S/C32H38ClNO7S/c1-35-28-18-21(26-9-10-27(41-26)22-19-29(36-2)32(38-4)30(20-22)37-3)17-25(34-11-13-39-14-12-34)31(28)40-15-16-42-24-7-5-23(33)6-8-24/h5-8,17-20,26-27H,9-16H2,1-4H3. The molecule has 0 aromatic heterocycles. The van der Waals surface area contributed by atoms with E-state index < -0.39 is 0 Å². The highest BCUT2D eigenvalue weighted by Crippen LogP contribution is 2.48. The molecule has 10 heteroatoms. The minimum absolute atomic E-state index is 0.0997. The molecule has 0 spiro atoms. The summed E-state index contributed by atoms with van der Waals surface area (Å²) in [7, 11) is 6.54. The van der Waals surface area contributed by atoms with Crippen molar-refractivity contribution in [3.63, 3.8) is 0 Å². The number of hydrogen-bond acceptors (Lipinski definition) is 9. The van der Waals surface area contributed by atoms with Gasteiger partial charge in [0.15, 0.2) is 23.0 Å². The fraction of sp³-hybridized carbons (Fsp3) is 0.438. The van der Waals surface area contributed by atoms with Crippen LogP contribution in [-0.4, -0.2) is 67.1 Å². The maximum absolute atomic E-state index is 6.64. The zero-order chi connectivity index (χ0) is 29.5. The minimum atomic E-state index is -0.109. The van der Waals surface area contributed by atoms with Gasteiger partial charge in [0.1, 0.15) is 0 Å². The quantitative estimate of drug-likeness (QED) is 0.159. The third-order valence-electron chi connectivity index (χ3n) is 7.49. The van der Waals surface area contributed by atoms with Gasteiger partial charge >= 0.3 is 0 Å². The SMILES string of the molecule is COc1cc(C2CCC(c3cc(OC)c(OCCSc4ccc(Cl)cc4)c(N4CCOCC4)c3)O2)cc(OC)c1OC. The molecular formula is C32H38ClNO7S. The number of morpholine rings is 1. The highest BCUT2D eigenvalue weighted by atomic mass is 35.5. The van der Waals surface area contributed by atoms with E-state index in [9.17, 15) is 0 Å². The molecule has 3 aromatic rings. The molecule has 0 radical (unpaired) electrons. The van der Waals surface area contributed by atoms with Crippen LogP contribution in [0.15, 0.2) is 53.4 Å². The fourth-order valence-corrected chi connectivity index (χ4v) is 6.24. The van der Waals surface area contributed by atoms with E-state index in [0.29, 0.717) is 42.8 Å². The van der Waals surface area contributed by atoms with Crippen LogP contribution >= 0.6 is 23.4 Å². The number of halogens is 1. The zero-order valence-electron chi connectivity index (χ0n) is 24.5. The maximum Gasteiger partial charge on any atom is 0.203 e. The van der Waals surface area contributed by atoms with Gasteiger partial charge in [-0.25, -0.2) is 0 Å². The molecule has 2 aliphatic heterocycles. The molecule has 42 heavy (non-hydrogen) atoms. The average Bonchev–Trinajstić information content (AvgIpc) is 3.54. The Morgan fingerprint density at radius 2 is 1.36 bits per heavy atom. The van der Waals surface area contributed by atoms with Crippen molar-refractivity contribution in [1.29, 1.82) is 0 Å². The van der Waals surface area contributed by atoms with E-state index in [1.807, 2.05) is 42.5 Å². The summed E-state index contributed by atoms with van der Waals surface area (Å²) in [6.45, 7) is 3.43. The van der Waals surface area contributed by atoms with E-state index in [2.05, 4.69) is 11.0 Å². The molecule has 2 aliphatic rings. The average molecular weight is 616 g/mol. The Labute approximate surface area is 257 Å². The Morgan fingerprint density at radius 1 is 0.786 bits per heavy atom. The Bertz CT molecular complexity index is 1310. The molecule has 0 amide bonds. The first-order valence-electron chi connectivity index (χ1n) is 14.1. The van der Waals surface area contributed by atoms with Gasteiger partial charge in [0, 0.05) is 28.8 Å². The van der Waals surface area contributed by atoms with Crippen molar-refractivity contribution in [2.24, 2.45) is 0 Å². The topological polar surface area (TPSA) is 67.9 Å². The normalized spacial score (nSPS) is 18.5. The molecule has 2 unspecified atom stereocenters. The van der Waals surface area contributed by atoms with E-state index >= 15 is 0 Å². The summed E-state index contributed by atoms with van der Waals surface area (Å²) in [5, 5.41) is 0.733. The lowest BCUT2D eigenvalue weighted by molar-refractivity contribution is 0.0436. The van der Waals surface area contributed by atoms with Gasteiger partial charge in [-0.15, -0.1) is 11.8 Å². The second-order valence-electron chi connectivity index (χ2n) is 9.97. The van der Waals surface area contributed by atoms with Crippen molar-refractivity contribution in [3.8, 4) is 28.7 Å².